The molecule has 0 saturated carbocycles. The van der Waals surface area contributed by atoms with Gasteiger partial charge >= 0.3 is 0 Å². The smallest absolute Gasteiger partial charge is 0.240 e. The van der Waals surface area contributed by atoms with Crippen LogP contribution in [0.5, 0.6) is 0 Å². The molecule has 3 aromatic rings. The highest BCUT2D eigenvalue weighted by molar-refractivity contribution is 6.30. The topological polar surface area (TPSA) is 94.0 Å². The Morgan fingerprint density at radius 3 is 2.50 bits per heavy atom. The van der Waals surface area contributed by atoms with Crippen molar-refractivity contribution in [2.75, 3.05) is 7.05 Å². The summed E-state index contributed by atoms with van der Waals surface area (Å²) in [5, 5.41) is 4.63. The molecule has 0 saturated heterocycles. The number of halogens is 3. The minimum absolute atomic E-state index is 0. The number of hydrogen-bond donors (Lipinski definition) is 1. The molecule has 2 aromatic heterocycles. The maximum atomic E-state index is 6.00. The van der Waals surface area contributed by atoms with Crippen LogP contribution in [0.4, 0.5) is 0 Å². The van der Waals surface area contributed by atoms with E-state index in [0.29, 0.717) is 23.3 Å². The second kappa shape index (κ2) is 10.4. The summed E-state index contributed by atoms with van der Waals surface area (Å²) in [6.07, 6.45) is 5.07. The molecular formula is C16H19Cl3N6O. The largest absolute Gasteiger partial charge is 0.338 e. The number of benzene rings is 1. The summed E-state index contributed by atoms with van der Waals surface area (Å²) in [6.45, 7) is 0.703. The molecule has 0 aliphatic carbocycles. The van der Waals surface area contributed by atoms with Crippen molar-refractivity contribution >= 4 is 36.4 Å². The van der Waals surface area contributed by atoms with Crippen LogP contribution >= 0.6 is 36.4 Å². The predicted molar refractivity (Wildman–Crippen MR) is 103 cm³/mol. The Morgan fingerprint density at radius 1 is 1.19 bits per heavy atom. The molecule has 0 aliphatic rings. The van der Waals surface area contributed by atoms with Crippen LogP contribution in [-0.4, -0.2) is 32.1 Å². The maximum absolute atomic E-state index is 6.00. The van der Waals surface area contributed by atoms with Crippen molar-refractivity contribution in [1.82, 2.24) is 25.0 Å². The van der Waals surface area contributed by atoms with Gasteiger partial charge in [0.05, 0.1) is 31.0 Å². The van der Waals surface area contributed by atoms with Crippen LogP contribution in [-0.2, 0) is 13.1 Å². The zero-order chi connectivity index (χ0) is 16.9. The molecular weight excluding hydrogens is 399 g/mol. The summed E-state index contributed by atoms with van der Waals surface area (Å²) in [6, 6.07) is 7.54. The third kappa shape index (κ3) is 5.36. The lowest BCUT2D eigenvalue weighted by molar-refractivity contribution is 0.254. The molecule has 1 aromatic carbocycles. The maximum Gasteiger partial charge on any atom is 0.240 e. The monoisotopic (exact) mass is 416 g/mol. The Balaban J connectivity index is 0.00000169. The van der Waals surface area contributed by atoms with E-state index in [2.05, 4.69) is 25.0 Å². The van der Waals surface area contributed by atoms with Gasteiger partial charge < -0.3 is 10.3 Å². The molecule has 0 fully saturated rings. The van der Waals surface area contributed by atoms with Gasteiger partial charge in [0.1, 0.15) is 0 Å². The van der Waals surface area contributed by atoms with Crippen molar-refractivity contribution in [2.45, 2.75) is 19.1 Å². The predicted octanol–water partition coefficient (Wildman–Crippen LogP) is 3.04. The van der Waals surface area contributed by atoms with Gasteiger partial charge in [-0.15, -0.1) is 24.8 Å². The fourth-order valence-corrected chi connectivity index (χ4v) is 2.63. The molecule has 0 amide bonds. The molecule has 26 heavy (non-hydrogen) atoms. The lowest BCUT2D eigenvalue weighted by atomic mass is 10.0. The van der Waals surface area contributed by atoms with E-state index in [1.807, 2.05) is 31.3 Å². The zero-order valence-corrected chi connectivity index (χ0v) is 16.3. The van der Waals surface area contributed by atoms with Crippen LogP contribution in [0.25, 0.3) is 0 Å². The molecule has 0 bridgehead atoms. The highest BCUT2D eigenvalue weighted by atomic mass is 35.5. The highest BCUT2D eigenvalue weighted by Gasteiger charge is 2.22. The van der Waals surface area contributed by atoms with Crippen LogP contribution in [0.2, 0.25) is 5.02 Å². The number of nitrogens with zero attached hydrogens (tertiary/aromatic N) is 5. The minimum atomic E-state index is -0.115. The van der Waals surface area contributed by atoms with E-state index in [4.69, 9.17) is 21.9 Å². The lowest BCUT2D eigenvalue weighted by Crippen LogP contribution is -2.26. The van der Waals surface area contributed by atoms with Gasteiger partial charge in [-0.2, -0.15) is 4.98 Å². The molecule has 0 radical (unpaired) electrons. The van der Waals surface area contributed by atoms with E-state index in [9.17, 15) is 0 Å². The first-order valence-corrected chi connectivity index (χ1v) is 7.78. The SMILES string of the molecule is CN(Cc1noc(CN)n1)C(c1ccc(Cl)cc1)c1cnccn1.Cl.Cl. The molecule has 140 valence electrons. The van der Waals surface area contributed by atoms with Crippen molar-refractivity contribution in [3.63, 3.8) is 0 Å². The fraction of sp³-hybridized carbons (Fsp3) is 0.250. The summed E-state index contributed by atoms with van der Waals surface area (Å²) in [5.74, 6) is 0.988. The average Bonchev–Trinajstić information content (AvgIpc) is 3.05. The van der Waals surface area contributed by atoms with Gasteiger partial charge in [-0.05, 0) is 24.7 Å². The van der Waals surface area contributed by atoms with Crippen molar-refractivity contribution in [3.8, 4) is 0 Å². The molecule has 2 heterocycles. The summed E-state index contributed by atoms with van der Waals surface area (Å²) in [7, 11) is 1.96. The van der Waals surface area contributed by atoms with Gasteiger partial charge in [0.15, 0.2) is 5.82 Å². The Hall–Kier alpha value is -1.77. The van der Waals surface area contributed by atoms with E-state index in [1.54, 1.807) is 18.6 Å². The van der Waals surface area contributed by atoms with Gasteiger partial charge in [-0.1, -0.05) is 28.9 Å². The zero-order valence-electron chi connectivity index (χ0n) is 13.9. The summed E-state index contributed by atoms with van der Waals surface area (Å²) >= 11 is 6.00. The summed E-state index contributed by atoms with van der Waals surface area (Å²) < 4.78 is 5.06. The van der Waals surface area contributed by atoms with Gasteiger partial charge in [0, 0.05) is 17.4 Å². The van der Waals surface area contributed by atoms with Crippen LogP contribution in [0.15, 0.2) is 47.4 Å². The summed E-state index contributed by atoms with van der Waals surface area (Å²) in [4.78, 5) is 14.9. The second-order valence-electron chi connectivity index (χ2n) is 5.31. The van der Waals surface area contributed by atoms with Crippen molar-refractivity contribution in [1.29, 1.82) is 0 Å². The third-order valence-electron chi connectivity index (χ3n) is 3.57. The van der Waals surface area contributed by atoms with Gasteiger partial charge in [-0.25, -0.2) is 0 Å². The minimum Gasteiger partial charge on any atom is -0.338 e. The Morgan fingerprint density at radius 2 is 1.92 bits per heavy atom. The van der Waals surface area contributed by atoms with Crippen LogP contribution in [0.1, 0.15) is 29.0 Å². The van der Waals surface area contributed by atoms with Crippen molar-refractivity contribution < 1.29 is 4.52 Å². The standard InChI is InChI=1S/C16H17ClN6O.2ClH/c1-23(10-14-21-15(8-18)24-22-14)16(13-9-19-6-7-20-13)11-2-4-12(17)5-3-11;;/h2-7,9,16H,8,10,18H2,1H3;2*1H. The molecule has 7 nitrogen and oxygen atoms in total. The summed E-state index contributed by atoms with van der Waals surface area (Å²) in [5.41, 5.74) is 7.38. The Labute approximate surface area is 168 Å². The Bertz CT molecular complexity index is 784. The number of hydrogen-bond acceptors (Lipinski definition) is 7. The first kappa shape index (κ1) is 22.3. The third-order valence-corrected chi connectivity index (χ3v) is 3.82. The van der Waals surface area contributed by atoms with Crippen molar-refractivity contribution in [2.24, 2.45) is 5.73 Å². The van der Waals surface area contributed by atoms with E-state index in [0.717, 1.165) is 11.3 Å². The fourth-order valence-electron chi connectivity index (χ4n) is 2.50. The molecule has 2 N–H and O–H groups in total. The molecule has 1 unspecified atom stereocenters. The van der Waals surface area contributed by atoms with Gasteiger partial charge in [0.25, 0.3) is 0 Å². The van der Waals surface area contributed by atoms with Gasteiger partial charge in [0.2, 0.25) is 5.89 Å². The first-order chi connectivity index (χ1) is 11.7. The number of rotatable bonds is 6. The molecule has 1 atom stereocenters. The molecule has 10 heteroatoms. The normalized spacial score (nSPS) is 11.5. The average molecular weight is 418 g/mol. The lowest BCUT2D eigenvalue weighted by Gasteiger charge is -2.26. The first-order valence-electron chi connectivity index (χ1n) is 7.40. The molecule has 0 aliphatic heterocycles. The number of nitrogens with two attached hydrogens (primary N) is 1. The van der Waals surface area contributed by atoms with Gasteiger partial charge in [-0.3, -0.25) is 14.9 Å². The van der Waals surface area contributed by atoms with Crippen LogP contribution in [0, 0.1) is 0 Å². The van der Waals surface area contributed by atoms with Crippen molar-refractivity contribution in [3.05, 3.63) is 70.9 Å². The quantitative estimate of drug-likeness (QED) is 0.658. The van der Waals surface area contributed by atoms with Crippen LogP contribution in [0.3, 0.4) is 0 Å². The van der Waals surface area contributed by atoms with Crippen LogP contribution < -0.4 is 5.73 Å². The molecule has 0 spiro atoms. The van der Waals surface area contributed by atoms with E-state index < -0.39 is 0 Å². The highest BCUT2D eigenvalue weighted by Crippen LogP contribution is 2.27. The van der Waals surface area contributed by atoms with E-state index >= 15 is 0 Å². The second-order valence-corrected chi connectivity index (χ2v) is 5.74. The number of aromatic nitrogens is 4. The molecule has 3 rings (SSSR count). The van der Waals surface area contributed by atoms with E-state index in [-0.39, 0.29) is 37.4 Å². The Kier molecular flexibility index (Phi) is 8.91. The van der Waals surface area contributed by atoms with E-state index in [1.165, 1.54) is 0 Å².